The normalized spacial score (nSPS) is 12.9. The van der Waals surface area contributed by atoms with Gasteiger partial charge in [-0.1, -0.05) is 12.1 Å². The Labute approximate surface area is 100 Å². The van der Waals surface area contributed by atoms with Crippen molar-refractivity contribution in [3.05, 3.63) is 53.9 Å². The van der Waals surface area contributed by atoms with Crippen molar-refractivity contribution in [3.63, 3.8) is 0 Å². The van der Waals surface area contributed by atoms with E-state index in [0.29, 0.717) is 0 Å². The summed E-state index contributed by atoms with van der Waals surface area (Å²) in [6.07, 6.45) is 4.63. The van der Waals surface area contributed by atoms with Gasteiger partial charge in [-0.15, -0.1) is 0 Å². The van der Waals surface area contributed by atoms with Crippen LogP contribution in [0.5, 0.6) is 5.75 Å². The van der Waals surface area contributed by atoms with Gasteiger partial charge in [-0.3, -0.25) is 4.98 Å². The first kappa shape index (κ1) is 10.1. The summed E-state index contributed by atoms with van der Waals surface area (Å²) in [6, 6.07) is 10.3. The molecule has 3 nitrogen and oxygen atoms in total. The Morgan fingerprint density at radius 3 is 3.18 bits per heavy atom. The molecule has 0 radical (unpaired) electrons. The van der Waals surface area contributed by atoms with Gasteiger partial charge < -0.3 is 10.1 Å². The van der Waals surface area contributed by atoms with Gasteiger partial charge in [0.15, 0.2) is 0 Å². The van der Waals surface area contributed by atoms with Crippen LogP contribution in [0.15, 0.2) is 42.7 Å². The average molecular weight is 226 g/mol. The fourth-order valence-electron chi connectivity index (χ4n) is 2.02. The summed E-state index contributed by atoms with van der Waals surface area (Å²) in [6.45, 7) is 1.63. The molecular formula is C14H14N2O. The Balaban J connectivity index is 1.70. The van der Waals surface area contributed by atoms with E-state index in [4.69, 9.17) is 4.74 Å². The molecule has 0 saturated heterocycles. The second kappa shape index (κ2) is 4.45. The minimum atomic E-state index is 0.814. The number of benzene rings is 1. The van der Waals surface area contributed by atoms with Crippen molar-refractivity contribution in [1.29, 1.82) is 0 Å². The van der Waals surface area contributed by atoms with Crippen molar-refractivity contribution in [2.24, 2.45) is 0 Å². The van der Waals surface area contributed by atoms with Gasteiger partial charge in [0.1, 0.15) is 5.75 Å². The van der Waals surface area contributed by atoms with Crippen LogP contribution in [0.2, 0.25) is 0 Å². The van der Waals surface area contributed by atoms with E-state index < -0.39 is 0 Å². The molecule has 3 rings (SSSR count). The summed E-state index contributed by atoms with van der Waals surface area (Å²) in [7, 11) is 0. The van der Waals surface area contributed by atoms with Crippen LogP contribution in [-0.4, -0.2) is 11.6 Å². The topological polar surface area (TPSA) is 34.2 Å². The van der Waals surface area contributed by atoms with Crippen LogP contribution in [0.4, 0.5) is 5.69 Å². The van der Waals surface area contributed by atoms with Crippen molar-refractivity contribution in [2.45, 2.75) is 13.0 Å². The summed E-state index contributed by atoms with van der Waals surface area (Å²) >= 11 is 0. The molecular weight excluding hydrogens is 212 g/mol. The molecule has 3 heteroatoms. The van der Waals surface area contributed by atoms with Crippen molar-refractivity contribution < 1.29 is 4.74 Å². The molecule has 17 heavy (non-hydrogen) atoms. The molecule has 0 atom stereocenters. The highest BCUT2D eigenvalue weighted by molar-refractivity contribution is 5.43. The average Bonchev–Trinajstić information content (AvgIpc) is 2.85. The third-order valence-electron chi connectivity index (χ3n) is 2.91. The number of rotatable bonds is 3. The van der Waals surface area contributed by atoms with E-state index in [-0.39, 0.29) is 0 Å². The van der Waals surface area contributed by atoms with Gasteiger partial charge >= 0.3 is 0 Å². The highest BCUT2D eigenvalue weighted by atomic mass is 16.5. The number of ether oxygens (including phenoxy) is 1. The number of anilines is 1. The van der Waals surface area contributed by atoms with Gasteiger partial charge in [-0.25, -0.2) is 0 Å². The zero-order chi connectivity index (χ0) is 11.5. The zero-order valence-electron chi connectivity index (χ0n) is 9.52. The lowest BCUT2D eigenvalue weighted by Crippen LogP contribution is -1.99. The van der Waals surface area contributed by atoms with E-state index in [1.54, 1.807) is 6.20 Å². The number of aromatic nitrogens is 1. The first-order valence-electron chi connectivity index (χ1n) is 5.80. The maximum Gasteiger partial charge on any atom is 0.122 e. The van der Waals surface area contributed by atoms with Gasteiger partial charge in [-0.05, 0) is 29.3 Å². The molecule has 1 aliphatic rings. The van der Waals surface area contributed by atoms with Gasteiger partial charge in [0.25, 0.3) is 0 Å². The van der Waals surface area contributed by atoms with E-state index in [1.165, 1.54) is 11.1 Å². The molecule has 2 aromatic rings. The number of pyridine rings is 1. The summed E-state index contributed by atoms with van der Waals surface area (Å²) < 4.78 is 5.49. The van der Waals surface area contributed by atoms with E-state index >= 15 is 0 Å². The standard InChI is InChI=1S/C14H14N2O/c1-2-13(10-15-6-1)16-9-11-3-4-14-12(8-11)5-7-17-14/h1-4,6,8,10,16H,5,7,9H2. The molecule has 0 aliphatic carbocycles. The maximum atomic E-state index is 5.49. The maximum absolute atomic E-state index is 5.49. The van der Waals surface area contributed by atoms with Crippen molar-refractivity contribution >= 4 is 5.69 Å². The second-order valence-electron chi connectivity index (χ2n) is 4.14. The Hall–Kier alpha value is -2.03. The predicted octanol–water partition coefficient (Wildman–Crippen LogP) is 2.63. The monoisotopic (exact) mass is 226 g/mol. The second-order valence-corrected chi connectivity index (χ2v) is 4.14. The third kappa shape index (κ3) is 2.23. The fraction of sp³-hybridized carbons (Fsp3) is 0.214. The van der Waals surface area contributed by atoms with E-state index in [9.17, 15) is 0 Å². The molecule has 0 saturated carbocycles. The van der Waals surface area contributed by atoms with Gasteiger partial charge in [0, 0.05) is 25.4 Å². The third-order valence-corrected chi connectivity index (χ3v) is 2.91. The molecule has 0 spiro atoms. The molecule has 0 fully saturated rings. The lowest BCUT2D eigenvalue weighted by atomic mass is 10.1. The molecule has 0 unspecified atom stereocenters. The van der Waals surface area contributed by atoms with Crippen LogP contribution in [0.25, 0.3) is 0 Å². The summed E-state index contributed by atoms with van der Waals surface area (Å²) in [4.78, 5) is 4.07. The number of nitrogens with one attached hydrogen (secondary N) is 1. The van der Waals surface area contributed by atoms with E-state index in [1.807, 2.05) is 18.3 Å². The van der Waals surface area contributed by atoms with Crippen LogP contribution >= 0.6 is 0 Å². The zero-order valence-corrected chi connectivity index (χ0v) is 9.52. The Bertz CT molecular complexity index is 511. The Morgan fingerprint density at radius 2 is 2.29 bits per heavy atom. The molecule has 0 amide bonds. The number of hydrogen-bond acceptors (Lipinski definition) is 3. The highest BCUT2D eigenvalue weighted by Crippen LogP contribution is 2.26. The molecule has 0 bridgehead atoms. The van der Waals surface area contributed by atoms with Crippen molar-refractivity contribution in [1.82, 2.24) is 4.98 Å². The van der Waals surface area contributed by atoms with Crippen LogP contribution in [0.3, 0.4) is 0 Å². The summed E-state index contributed by atoms with van der Waals surface area (Å²) in [5.41, 5.74) is 3.64. The smallest absolute Gasteiger partial charge is 0.122 e. The predicted molar refractivity (Wildman–Crippen MR) is 67.2 cm³/mol. The minimum absolute atomic E-state index is 0.814. The lowest BCUT2D eigenvalue weighted by Gasteiger charge is -2.07. The molecule has 86 valence electrons. The number of fused-ring (bicyclic) bond motifs is 1. The van der Waals surface area contributed by atoms with E-state index in [0.717, 1.165) is 31.0 Å². The van der Waals surface area contributed by atoms with Crippen LogP contribution in [0, 0.1) is 0 Å². The molecule has 2 heterocycles. The number of hydrogen-bond donors (Lipinski definition) is 1. The molecule has 1 N–H and O–H groups in total. The summed E-state index contributed by atoms with van der Waals surface area (Å²) in [5.74, 6) is 1.04. The SMILES string of the molecule is c1cncc(NCc2ccc3c(c2)CCO3)c1. The number of nitrogens with zero attached hydrogens (tertiary/aromatic N) is 1. The fourth-order valence-corrected chi connectivity index (χ4v) is 2.02. The highest BCUT2D eigenvalue weighted by Gasteiger charge is 2.11. The first-order chi connectivity index (χ1) is 8.42. The molecule has 1 aromatic carbocycles. The van der Waals surface area contributed by atoms with Crippen molar-refractivity contribution in [2.75, 3.05) is 11.9 Å². The lowest BCUT2D eigenvalue weighted by molar-refractivity contribution is 0.357. The van der Waals surface area contributed by atoms with Crippen LogP contribution in [-0.2, 0) is 13.0 Å². The largest absolute Gasteiger partial charge is 0.493 e. The Morgan fingerprint density at radius 1 is 1.29 bits per heavy atom. The van der Waals surface area contributed by atoms with Gasteiger partial charge in [0.05, 0.1) is 12.3 Å². The van der Waals surface area contributed by atoms with Gasteiger partial charge in [-0.2, -0.15) is 0 Å². The molecule has 1 aliphatic heterocycles. The quantitative estimate of drug-likeness (QED) is 0.873. The van der Waals surface area contributed by atoms with Crippen molar-refractivity contribution in [3.8, 4) is 5.75 Å². The van der Waals surface area contributed by atoms with Crippen LogP contribution < -0.4 is 10.1 Å². The van der Waals surface area contributed by atoms with Crippen LogP contribution in [0.1, 0.15) is 11.1 Å². The first-order valence-corrected chi connectivity index (χ1v) is 5.80. The Kier molecular flexibility index (Phi) is 2.66. The molecule has 1 aromatic heterocycles. The summed E-state index contributed by atoms with van der Waals surface area (Å²) in [5, 5.41) is 3.35. The minimum Gasteiger partial charge on any atom is -0.493 e. The van der Waals surface area contributed by atoms with E-state index in [2.05, 4.69) is 28.5 Å². The van der Waals surface area contributed by atoms with Gasteiger partial charge in [0.2, 0.25) is 0 Å².